The molecular formula is C19H24N2O4. The van der Waals surface area contributed by atoms with E-state index in [0.717, 1.165) is 37.0 Å². The van der Waals surface area contributed by atoms with E-state index in [1.54, 1.807) is 6.92 Å². The molecule has 134 valence electrons. The van der Waals surface area contributed by atoms with Crippen molar-refractivity contribution in [2.45, 2.75) is 57.1 Å². The van der Waals surface area contributed by atoms with Crippen LogP contribution in [0.1, 0.15) is 45.4 Å². The van der Waals surface area contributed by atoms with E-state index >= 15 is 0 Å². The fraction of sp³-hybridized carbons (Fsp3) is 0.632. The van der Waals surface area contributed by atoms with E-state index in [1.807, 2.05) is 0 Å². The number of carbonyl (C=O) groups is 1. The highest BCUT2D eigenvalue weighted by Gasteiger charge is 2.51. The Morgan fingerprint density at radius 1 is 1.16 bits per heavy atom. The van der Waals surface area contributed by atoms with Gasteiger partial charge in [0, 0.05) is 17.7 Å². The predicted octanol–water partition coefficient (Wildman–Crippen LogP) is 3.45. The van der Waals surface area contributed by atoms with E-state index in [2.05, 4.69) is 5.32 Å². The maximum atomic E-state index is 12.7. The second kappa shape index (κ2) is 6.00. The van der Waals surface area contributed by atoms with Crippen molar-refractivity contribution in [3.05, 3.63) is 34.4 Å². The largest absolute Gasteiger partial charge is 0.481 e. The fourth-order valence-electron chi connectivity index (χ4n) is 5.53. The van der Waals surface area contributed by atoms with E-state index in [0.29, 0.717) is 5.75 Å². The van der Waals surface area contributed by atoms with Crippen LogP contribution in [0.3, 0.4) is 0 Å². The molecule has 0 saturated heterocycles. The monoisotopic (exact) mass is 344 g/mol. The molecule has 5 rings (SSSR count). The number of nitro benzene ring substituents is 1. The van der Waals surface area contributed by atoms with Crippen LogP contribution >= 0.6 is 0 Å². The second-order valence-corrected chi connectivity index (χ2v) is 8.20. The summed E-state index contributed by atoms with van der Waals surface area (Å²) >= 11 is 0. The Balaban J connectivity index is 1.38. The fourth-order valence-corrected chi connectivity index (χ4v) is 5.53. The minimum Gasteiger partial charge on any atom is -0.481 e. The summed E-state index contributed by atoms with van der Waals surface area (Å²) in [4.78, 5) is 22.9. The normalized spacial score (nSPS) is 33.7. The van der Waals surface area contributed by atoms with Crippen LogP contribution in [-0.2, 0) is 4.79 Å². The SMILES string of the molecule is C[C@H](Oc1ccc([N+](=O)[O-])cc1)C(=O)NC12CC3CC(CC(C3)C1)C2. The summed E-state index contributed by atoms with van der Waals surface area (Å²) in [5.41, 5.74) is -0.0168. The quantitative estimate of drug-likeness (QED) is 0.655. The van der Waals surface area contributed by atoms with Crippen LogP contribution in [0.25, 0.3) is 0 Å². The van der Waals surface area contributed by atoms with Crippen LogP contribution in [0, 0.1) is 27.9 Å². The molecule has 4 aliphatic rings. The summed E-state index contributed by atoms with van der Waals surface area (Å²) in [6.07, 6.45) is 6.71. The number of hydrogen-bond acceptors (Lipinski definition) is 4. The van der Waals surface area contributed by atoms with Crippen molar-refractivity contribution < 1.29 is 14.5 Å². The third kappa shape index (κ3) is 3.22. The van der Waals surface area contributed by atoms with Gasteiger partial charge in [0.15, 0.2) is 6.10 Å². The van der Waals surface area contributed by atoms with Gasteiger partial charge in [-0.1, -0.05) is 0 Å². The Kier molecular flexibility index (Phi) is 3.93. The molecule has 6 heteroatoms. The van der Waals surface area contributed by atoms with Crippen molar-refractivity contribution >= 4 is 11.6 Å². The van der Waals surface area contributed by atoms with Crippen LogP contribution in [0.15, 0.2) is 24.3 Å². The van der Waals surface area contributed by atoms with Gasteiger partial charge < -0.3 is 10.1 Å². The molecule has 1 aromatic rings. The Labute approximate surface area is 147 Å². The number of nitrogens with one attached hydrogen (secondary N) is 1. The van der Waals surface area contributed by atoms with E-state index in [1.165, 1.54) is 43.5 Å². The summed E-state index contributed by atoms with van der Waals surface area (Å²) in [7, 11) is 0. The van der Waals surface area contributed by atoms with E-state index < -0.39 is 11.0 Å². The van der Waals surface area contributed by atoms with Crippen molar-refractivity contribution in [1.82, 2.24) is 5.32 Å². The molecular weight excluding hydrogens is 320 g/mol. The lowest BCUT2D eigenvalue weighted by atomic mass is 9.53. The molecule has 1 N–H and O–H groups in total. The number of nitro groups is 1. The van der Waals surface area contributed by atoms with Gasteiger partial charge in [0.25, 0.3) is 11.6 Å². The summed E-state index contributed by atoms with van der Waals surface area (Å²) in [6.45, 7) is 1.73. The van der Waals surface area contributed by atoms with Crippen molar-refractivity contribution in [3.8, 4) is 5.75 Å². The van der Waals surface area contributed by atoms with Crippen LogP contribution in [0.4, 0.5) is 5.69 Å². The molecule has 25 heavy (non-hydrogen) atoms. The Hall–Kier alpha value is -2.11. The molecule has 1 aromatic carbocycles. The number of nitrogens with zero attached hydrogens (tertiary/aromatic N) is 1. The number of benzene rings is 1. The van der Waals surface area contributed by atoms with Gasteiger partial charge in [0.2, 0.25) is 0 Å². The third-order valence-electron chi connectivity index (χ3n) is 6.16. The first kappa shape index (κ1) is 16.4. The first-order valence-electron chi connectivity index (χ1n) is 9.15. The highest BCUT2D eigenvalue weighted by molar-refractivity contribution is 5.81. The van der Waals surface area contributed by atoms with Crippen LogP contribution in [-0.4, -0.2) is 22.5 Å². The number of carbonyl (C=O) groups excluding carboxylic acids is 1. The van der Waals surface area contributed by atoms with Crippen LogP contribution in [0.5, 0.6) is 5.75 Å². The highest BCUT2D eigenvalue weighted by Crippen LogP contribution is 2.55. The predicted molar refractivity (Wildman–Crippen MR) is 92.2 cm³/mol. The van der Waals surface area contributed by atoms with Gasteiger partial charge in [-0.3, -0.25) is 14.9 Å². The molecule has 0 aromatic heterocycles. The van der Waals surface area contributed by atoms with Crippen molar-refractivity contribution in [1.29, 1.82) is 0 Å². The molecule has 0 spiro atoms. The van der Waals surface area contributed by atoms with Gasteiger partial charge >= 0.3 is 0 Å². The van der Waals surface area contributed by atoms with Gasteiger partial charge in [-0.15, -0.1) is 0 Å². The Morgan fingerprint density at radius 3 is 2.16 bits per heavy atom. The molecule has 1 atom stereocenters. The number of non-ortho nitro benzene ring substituents is 1. The summed E-state index contributed by atoms with van der Waals surface area (Å²) in [6, 6.07) is 5.84. The van der Waals surface area contributed by atoms with Crippen LogP contribution in [0.2, 0.25) is 0 Å². The summed E-state index contributed by atoms with van der Waals surface area (Å²) < 4.78 is 5.69. The topological polar surface area (TPSA) is 81.5 Å². The van der Waals surface area contributed by atoms with Gasteiger partial charge in [-0.25, -0.2) is 0 Å². The standard InChI is InChI=1S/C19H24N2O4/c1-12(25-17-4-2-16(3-5-17)21(23)24)18(22)20-19-9-13-6-14(10-19)8-15(7-13)11-19/h2-5,12-15H,6-11H2,1H3,(H,20,22)/t12-,13?,14?,15?,19?/m0/s1. The van der Waals surface area contributed by atoms with Crippen molar-refractivity contribution in [2.24, 2.45) is 17.8 Å². The lowest BCUT2D eigenvalue weighted by molar-refractivity contribution is -0.384. The zero-order valence-corrected chi connectivity index (χ0v) is 14.4. The Morgan fingerprint density at radius 2 is 1.68 bits per heavy atom. The molecule has 4 bridgehead atoms. The minimum atomic E-state index is -0.616. The van der Waals surface area contributed by atoms with Crippen LogP contribution < -0.4 is 10.1 Å². The van der Waals surface area contributed by atoms with Gasteiger partial charge in [0.05, 0.1) is 4.92 Å². The minimum absolute atomic E-state index is 0.0121. The number of hydrogen-bond donors (Lipinski definition) is 1. The maximum Gasteiger partial charge on any atom is 0.269 e. The zero-order valence-electron chi connectivity index (χ0n) is 14.4. The van der Waals surface area contributed by atoms with E-state index in [9.17, 15) is 14.9 Å². The molecule has 4 saturated carbocycles. The van der Waals surface area contributed by atoms with E-state index in [-0.39, 0.29) is 17.1 Å². The number of ether oxygens (including phenoxy) is 1. The maximum absolute atomic E-state index is 12.7. The summed E-state index contributed by atoms with van der Waals surface area (Å²) in [5, 5.41) is 14.0. The lowest BCUT2D eigenvalue weighted by Gasteiger charge is -2.57. The average Bonchev–Trinajstić information content (AvgIpc) is 2.53. The molecule has 0 radical (unpaired) electrons. The molecule has 0 aliphatic heterocycles. The van der Waals surface area contributed by atoms with Gasteiger partial charge in [-0.05, 0) is 75.3 Å². The average molecular weight is 344 g/mol. The van der Waals surface area contributed by atoms with Crippen molar-refractivity contribution in [2.75, 3.05) is 0 Å². The molecule has 6 nitrogen and oxygen atoms in total. The van der Waals surface area contributed by atoms with Crippen molar-refractivity contribution in [3.63, 3.8) is 0 Å². The molecule has 4 aliphatic carbocycles. The molecule has 0 heterocycles. The molecule has 4 fully saturated rings. The molecule has 1 amide bonds. The van der Waals surface area contributed by atoms with Gasteiger partial charge in [-0.2, -0.15) is 0 Å². The zero-order chi connectivity index (χ0) is 17.6. The first-order chi connectivity index (χ1) is 11.9. The summed E-state index contributed by atoms with van der Waals surface area (Å²) in [5.74, 6) is 2.71. The second-order valence-electron chi connectivity index (χ2n) is 8.20. The third-order valence-corrected chi connectivity index (χ3v) is 6.16. The van der Waals surface area contributed by atoms with Gasteiger partial charge in [0.1, 0.15) is 5.75 Å². The molecule has 0 unspecified atom stereocenters. The van der Waals surface area contributed by atoms with E-state index in [4.69, 9.17) is 4.74 Å². The number of rotatable bonds is 5. The first-order valence-corrected chi connectivity index (χ1v) is 9.15. The highest BCUT2D eigenvalue weighted by atomic mass is 16.6. The smallest absolute Gasteiger partial charge is 0.269 e. The number of amides is 1. The Bertz CT molecular complexity index is 650. The lowest BCUT2D eigenvalue weighted by Crippen LogP contribution is -2.61.